The Morgan fingerprint density at radius 1 is 1.50 bits per heavy atom. The Bertz CT molecular complexity index is 557. The fraction of sp³-hybridized carbons (Fsp3) is 0.538. The van der Waals surface area contributed by atoms with E-state index in [1.165, 1.54) is 7.11 Å². The smallest absolute Gasteiger partial charge is 0.244 e. The molecule has 1 aliphatic heterocycles. The van der Waals surface area contributed by atoms with Gasteiger partial charge in [-0.15, -0.1) is 0 Å². The zero-order valence-electron chi connectivity index (χ0n) is 11.4. The summed E-state index contributed by atoms with van der Waals surface area (Å²) in [6, 6.07) is 4.95. The summed E-state index contributed by atoms with van der Waals surface area (Å²) in [7, 11) is -2.09. The van der Waals surface area contributed by atoms with E-state index >= 15 is 0 Å². The van der Waals surface area contributed by atoms with Gasteiger partial charge in [0.05, 0.1) is 7.11 Å². The molecule has 2 N–H and O–H groups in total. The fourth-order valence-corrected chi connectivity index (χ4v) is 4.09. The number of rotatable bonds is 5. The van der Waals surface area contributed by atoms with Crippen LogP contribution in [0, 0.1) is 5.92 Å². The van der Waals surface area contributed by atoms with Crippen LogP contribution in [0.5, 0.6) is 5.75 Å². The largest absolute Gasteiger partial charge is 0.495 e. The monoisotopic (exact) mass is 362 g/mol. The highest BCUT2D eigenvalue weighted by Gasteiger charge is 2.22. The van der Waals surface area contributed by atoms with Crippen molar-refractivity contribution in [2.24, 2.45) is 5.92 Å². The van der Waals surface area contributed by atoms with E-state index in [2.05, 4.69) is 26.0 Å². The Labute approximate surface area is 128 Å². The zero-order valence-corrected chi connectivity index (χ0v) is 13.8. The number of methoxy groups -OCH3 is 1. The van der Waals surface area contributed by atoms with Crippen molar-refractivity contribution in [3.05, 3.63) is 22.7 Å². The molecule has 0 aliphatic carbocycles. The number of hydrogen-bond acceptors (Lipinski definition) is 4. The maximum Gasteiger partial charge on any atom is 0.244 e. The van der Waals surface area contributed by atoms with Crippen molar-refractivity contribution >= 4 is 26.0 Å². The van der Waals surface area contributed by atoms with Crippen LogP contribution in [-0.2, 0) is 10.0 Å². The molecule has 0 bridgehead atoms. The van der Waals surface area contributed by atoms with Crippen LogP contribution in [-0.4, -0.2) is 35.2 Å². The van der Waals surface area contributed by atoms with Crippen molar-refractivity contribution in [3.8, 4) is 5.75 Å². The van der Waals surface area contributed by atoms with Crippen molar-refractivity contribution in [1.29, 1.82) is 0 Å². The Balaban J connectivity index is 2.11. The quantitative estimate of drug-likeness (QED) is 0.836. The highest BCUT2D eigenvalue weighted by atomic mass is 79.9. The second-order valence-corrected chi connectivity index (χ2v) is 7.51. The third-order valence-corrected chi connectivity index (χ3v) is 5.31. The number of ether oxygens (including phenoxy) is 1. The minimum atomic E-state index is -3.56. The maximum atomic E-state index is 12.4. The van der Waals surface area contributed by atoms with Gasteiger partial charge in [0.1, 0.15) is 10.6 Å². The average molecular weight is 363 g/mol. The van der Waals surface area contributed by atoms with Crippen LogP contribution < -0.4 is 14.8 Å². The molecule has 0 amide bonds. The second kappa shape index (κ2) is 6.89. The van der Waals surface area contributed by atoms with Crippen LogP contribution in [0.3, 0.4) is 0 Å². The van der Waals surface area contributed by atoms with Gasteiger partial charge in [-0.3, -0.25) is 0 Å². The molecule has 0 saturated carbocycles. The third kappa shape index (κ3) is 3.94. The molecule has 20 heavy (non-hydrogen) atoms. The summed E-state index contributed by atoms with van der Waals surface area (Å²) in [5.41, 5.74) is 0. The highest BCUT2D eigenvalue weighted by Crippen LogP contribution is 2.27. The molecule has 1 saturated heterocycles. The summed E-state index contributed by atoms with van der Waals surface area (Å²) in [5.74, 6) is 0.694. The molecule has 0 unspecified atom stereocenters. The molecule has 7 heteroatoms. The lowest BCUT2D eigenvalue weighted by molar-refractivity contribution is 0.374. The fourth-order valence-electron chi connectivity index (χ4n) is 2.26. The normalized spacial score (nSPS) is 19.8. The summed E-state index contributed by atoms with van der Waals surface area (Å²) >= 11 is 3.29. The lowest BCUT2D eigenvalue weighted by atomic mass is 10.0. The number of hydrogen-bond donors (Lipinski definition) is 2. The van der Waals surface area contributed by atoms with Gasteiger partial charge in [-0.2, -0.15) is 0 Å². The maximum absolute atomic E-state index is 12.4. The van der Waals surface area contributed by atoms with E-state index in [0.717, 1.165) is 25.9 Å². The highest BCUT2D eigenvalue weighted by molar-refractivity contribution is 9.10. The predicted molar refractivity (Wildman–Crippen MR) is 81.5 cm³/mol. The molecular weight excluding hydrogens is 344 g/mol. The molecule has 1 heterocycles. The van der Waals surface area contributed by atoms with E-state index < -0.39 is 10.0 Å². The molecule has 5 nitrogen and oxygen atoms in total. The van der Waals surface area contributed by atoms with Crippen LogP contribution in [0.2, 0.25) is 0 Å². The minimum Gasteiger partial charge on any atom is -0.495 e. The molecule has 1 aromatic rings. The molecule has 0 radical (unpaired) electrons. The summed E-state index contributed by atoms with van der Waals surface area (Å²) in [5, 5.41) is 3.28. The van der Waals surface area contributed by atoms with Crippen molar-refractivity contribution in [1.82, 2.24) is 10.0 Å². The average Bonchev–Trinajstić information content (AvgIpc) is 2.46. The van der Waals surface area contributed by atoms with Crippen LogP contribution in [0.25, 0.3) is 0 Å². The second-order valence-electron chi connectivity index (χ2n) is 4.86. The summed E-state index contributed by atoms with van der Waals surface area (Å²) in [6.07, 6.45) is 2.14. The van der Waals surface area contributed by atoms with E-state index in [0.29, 0.717) is 22.7 Å². The van der Waals surface area contributed by atoms with Gasteiger partial charge in [0.15, 0.2) is 0 Å². The van der Waals surface area contributed by atoms with E-state index in [4.69, 9.17) is 4.74 Å². The lowest BCUT2D eigenvalue weighted by Crippen LogP contribution is -2.38. The zero-order chi connectivity index (χ0) is 14.6. The van der Waals surface area contributed by atoms with E-state index in [9.17, 15) is 8.42 Å². The first-order valence-electron chi connectivity index (χ1n) is 6.57. The van der Waals surface area contributed by atoms with E-state index in [1.54, 1.807) is 18.2 Å². The number of halogens is 1. The molecule has 1 aliphatic rings. The molecule has 0 aromatic heterocycles. The molecular formula is C13H19BrN2O3S. The first kappa shape index (κ1) is 15.8. The van der Waals surface area contributed by atoms with Gasteiger partial charge < -0.3 is 10.1 Å². The third-order valence-electron chi connectivity index (χ3n) is 3.38. The molecule has 0 spiro atoms. The first-order chi connectivity index (χ1) is 9.53. The van der Waals surface area contributed by atoms with Gasteiger partial charge in [-0.05, 0) is 50.0 Å². The molecule has 1 atom stereocenters. The Hall–Kier alpha value is -0.630. The summed E-state index contributed by atoms with van der Waals surface area (Å²) < 4.78 is 33.3. The van der Waals surface area contributed by atoms with Crippen LogP contribution in [0.15, 0.2) is 27.6 Å². The van der Waals surface area contributed by atoms with Gasteiger partial charge in [0.2, 0.25) is 10.0 Å². The standard InChI is InChI=1S/C13H19BrN2O3S/c1-19-12-5-4-11(14)7-13(12)20(17,18)16-9-10-3-2-6-15-8-10/h4-5,7,10,15-16H,2-3,6,8-9H2,1H3/t10-/m1/s1. The van der Waals surface area contributed by atoms with Crippen LogP contribution in [0.1, 0.15) is 12.8 Å². The number of piperidine rings is 1. The van der Waals surface area contributed by atoms with Crippen molar-refractivity contribution in [2.75, 3.05) is 26.7 Å². The van der Waals surface area contributed by atoms with Gasteiger partial charge >= 0.3 is 0 Å². The van der Waals surface area contributed by atoms with Gasteiger partial charge in [-0.1, -0.05) is 15.9 Å². The van der Waals surface area contributed by atoms with Crippen LogP contribution in [0.4, 0.5) is 0 Å². The summed E-state index contributed by atoms with van der Waals surface area (Å²) in [4.78, 5) is 0.165. The Morgan fingerprint density at radius 2 is 2.30 bits per heavy atom. The predicted octanol–water partition coefficient (Wildman–Crippen LogP) is 1.74. The molecule has 112 valence electrons. The van der Waals surface area contributed by atoms with Gasteiger partial charge in [-0.25, -0.2) is 13.1 Å². The SMILES string of the molecule is COc1ccc(Br)cc1S(=O)(=O)NC[C@@H]1CCCNC1. The topological polar surface area (TPSA) is 67.4 Å². The van der Waals surface area contributed by atoms with Gasteiger partial charge in [0.25, 0.3) is 0 Å². The van der Waals surface area contributed by atoms with E-state index in [1.807, 2.05) is 0 Å². The Kier molecular flexibility index (Phi) is 5.42. The first-order valence-corrected chi connectivity index (χ1v) is 8.84. The molecule has 1 aromatic carbocycles. The van der Waals surface area contributed by atoms with Gasteiger partial charge in [0, 0.05) is 11.0 Å². The lowest BCUT2D eigenvalue weighted by Gasteiger charge is -2.23. The Morgan fingerprint density at radius 3 is 2.95 bits per heavy atom. The number of nitrogens with one attached hydrogen (secondary N) is 2. The van der Waals surface area contributed by atoms with Crippen LogP contribution >= 0.6 is 15.9 Å². The van der Waals surface area contributed by atoms with Crippen molar-refractivity contribution < 1.29 is 13.2 Å². The number of sulfonamides is 1. The van der Waals surface area contributed by atoms with E-state index in [-0.39, 0.29) is 4.90 Å². The summed E-state index contributed by atoms with van der Waals surface area (Å²) in [6.45, 7) is 2.33. The minimum absolute atomic E-state index is 0.165. The van der Waals surface area contributed by atoms with Crippen molar-refractivity contribution in [2.45, 2.75) is 17.7 Å². The number of benzene rings is 1. The molecule has 2 rings (SSSR count). The molecule has 1 fully saturated rings. The van der Waals surface area contributed by atoms with Crippen molar-refractivity contribution in [3.63, 3.8) is 0 Å².